The number of benzene rings is 1. The lowest BCUT2D eigenvalue weighted by molar-refractivity contribution is -0.137. The molecule has 5 heteroatoms. The Morgan fingerprint density at radius 3 is 2.62 bits per heavy atom. The zero-order valence-electron chi connectivity index (χ0n) is 12.0. The maximum atomic E-state index is 11.7. The van der Waals surface area contributed by atoms with Gasteiger partial charge in [-0.2, -0.15) is 0 Å². The molecular weight excluding hydrogens is 270 g/mol. The summed E-state index contributed by atoms with van der Waals surface area (Å²) >= 11 is 0. The summed E-state index contributed by atoms with van der Waals surface area (Å²) in [5.41, 5.74) is 0.903. The van der Waals surface area contributed by atoms with Crippen LogP contribution in [0.15, 0.2) is 30.3 Å². The molecular formula is C16H21NO4. The average molecular weight is 291 g/mol. The van der Waals surface area contributed by atoms with Gasteiger partial charge in [0.15, 0.2) is 0 Å². The molecule has 1 aliphatic carbocycles. The van der Waals surface area contributed by atoms with E-state index in [-0.39, 0.29) is 19.1 Å². The van der Waals surface area contributed by atoms with Crippen molar-refractivity contribution in [2.45, 2.75) is 44.8 Å². The molecule has 1 aromatic rings. The smallest absolute Gasteiger partial charge is 0.407 e. The molecule has 0 spiro atoms. The molecule has 1 unspecified atom stereocenters. The van der Waals surface area contributed by atoms with Crippen LogP contribution in [0.3, 0.4) is 0 Å². The molecule has 2 rings (SSSR count). The predicted molar refractivity (Wildman–Crippen MR) is 77.8 cm³/mol. The highest BCUT2D eigenvalue weighted by Crippen LogP contribution is 2.34. The second-order valence-corrected chi connectivity index (χ2v) is 5.52. The Kier molecular flexibility index (Phi) is 5.60. The number of aliphatic carboxylic acids is 1. The van der Waals surface area contributed by atoms with E-state index >= 15 is 0 Å². The van der Waals surface area contributed by atoms with Crippen molar-refractivity contribution < 1.29 is 19.4 Å². The maximum absolute atomic E-state index is 11.7. The number of alkyl carbamates (subject to hydrolysis) is 1. The van der Waals surface area contributed by atoms with Crippen molar-refractivity contribution in [3.8, 4) is 0 Å². The fourth-order valence-corrected chi connectivity index (χ4v) is 2.21. The van der Waals surface area contributed by atoms with Crippen LogP contribution < -0.4 is 5.32 Å². The number of carboxylic acids is 1. The Bertz CT molecular complexity index is 470. The first-order valence-corrected chi connectivity index (χ1v) is 7.32. The first kappa shape index (κ1) is 15.4. The lowest BCUT2D eigenvalue weighted by Crippen LogP contribution is -2.36. The van der Waals surface area contributed by atoms with Crippen LogP contribution in [0.4, 0.5) is 4.79 Å². The van der Waals surface area contributed by atoms with Crippen LogP contribution in [-0.4, -0.2) is 23.2 Å². The normalized spacial score (nSPS) is 15.2. The SMILES string of the molecule is O=C(O)CC(CCC1CC1)NC(=O)OCc1ccccc1. The highest BCUT2D eigenvalue weighted by Gasteiger charge is 2.24. The van der Waals surface area contributed by atoms with E-state index in [1.165, 1.54) is 12.8 Å². The Morgan fingerprint density at radius 2 is 2.00 bits per heavy atom. The molecule has 1 aliphatic rings. The van der Waals surface area contributed by atoms with Crippen molar-refractivity contribution in [1.82, 2.24) is 5.32 Å². The lowest BCUT2D eigenvalue weighted by Gasteiger charge is -2.16. The van der Waals surface area contributed by atoms with E-state index in [1.54, 1.807) is 0 Å². The van der Waals surface area contributed by atoms with Gasteiger partial charge in [-0.05, 0) is 24.3 Å². The van der Waals surface area contributed by atoms with Crippen LogP contribution in [0.25, 0.3) is 0 Å². The second kappa shape index (κ2) is 7.67. The molecule has 1 fully saturated rings. The van der Waals surface area contributed by atoms with Gasteiger partial charge < -0.3 is 15.2 Å². The predicted octanol–water partition coefficient (Wildman–Crippen LogP) is 2.95. The van der Waals surface area contributed by atoms with E-state index in [0.29, 0.717) is 12.3 Å². The van der Waals surface area contributed by atoms with E-state index in [1.807, 2.05) is 30.3 Å². The van der Waals surface area contributed by atoms with Gasteiger partial charge in [0.25, 0.3) is 0 Å². The summed E-state index contributed by atoms with van der Waals surface area (Å²) in [5, 5.41) is 11.6. The van der Waals surface area contributed by atoms with Crippen molar-refractivity contribution in [2.24, 2.45) is 5.92 Å². The van der Waals surface area contributed by atoms with Crippen LogP contribution in [-0.2, 0) is 16.1 Å². The standard InChI is InChI=1S/C16H21NO4/c18-15(19)10-14(9-8-12-6-7-12)17-16(20)21-11-13-4-2-1-3-5-13/h1-5,12,14H,6-11H2,(H,17,20)(H,18,19). The number of ether oxygens (including phenoxy) is 1. The van der Waals surface area contributed by atoms with Gasteiger partial charge in [-0.15, -0.1) is 0 Å². The summed E-state index contributed by atoms with van der Waals surface area (Å²) in [4.78, 5) is 22.6. The van der Waals surface area contributed by atoms with Gasteiger partial charge in [-0.25, -0.2) is 4.79 Å². The highest BCUT2D eigenvalue weighted by atomic mass is 16.5. The molecule has 0 radical (unpaired) electrons. The Labute approximate surface area is 124 Å². The summed E-state index contributed by atoms with van der Waals surface area (Å²) < 4.78 is 5.12. The third-order valence-electron chi connectivity index (χ3n) is 3.58. The van der Waals surface area contributed by atoms with Gasteiger partial charge in [0.2, 0.25) is 0 Å². The number of hydrogen-bond donors (Lipinski definition) is 2. The molecule has 1 saturated carbocycles. The number of hydrogen-bond acceptors (Lipinski definition) is 3. The minimum absolute atomic E-state index is 0.0623. The van der Waals surface area contributed by atoms with E-state index in [2.05, 4.69) is 5.32 Å². The Balaban J connectivity index is 1.74. The first-order chi connectivity index (χ1) is 10.1. The van der Waals surface area contributed by atoms with E-state index in [9.17, 15) is 9.59 Å². The quantitative estimate of drug-likeness (QED) is 0.772. The number of carboxylic acid groups (broad SMARTS) is 1. The maximum Gasteiger partial charge on any atom is 0.407 e. The second-order valence-electron chi connectivity index (χ2n) is 5.52. The van der Waals surface area contributed by atoms with E-state index in [4.69, 9.17) is 9.84 Å². The Morgan fingerprint density at radius 1 is 1.29 bits per heavy atom. The van der Waals surface area contributed by atoms with Gasteiger partial charge in [0.1, 0.15) is 6.61 Å². The summed E-state index contributed by atoms with van der Waals surface area (Å²) in [7, 11) is 0. The topological polar surface area (TPSA) is 75.6 Å². The van der Waals surface area contributed by atoms with Crippen molar-refractivity contribution in [1.29, 1.82) is 0 Å². The zero-order valence-corrected chi connectivity index (χ0v) is 12.0. The van der Waals surface area contributed by atoms with Crippen molar-refractivity contribution in [2.75, 3.05) is 0 Å². The molecule has 0 heterocycles. The number of carbonyl (C=O) groups excluding carboxylic acids is 1. The van der Waals surface area contributed by atoms with Gasteiger partial charge >= 0.3 is 12.1 Å². The first-order valence-electron chi connectivity index (χ1n) is 7.32. The molecule has 1 atom stereocenters. The molecule has 1 amide bonds. The fraction of sp³-hybridized carbons (Fsp3) is 0.500. The zero-order chi connectivity index (χ0) is 15.1. The van der Waals surface area contributed by atoms with Gasteiger partial charge in [0.05, 0.1) is 6.42 Å². The molecule has 0 aliphatic heterocycles. The number of carbonyl (C=O) groups is 2. The summed E-state index contributed by atoms with van der Waals surface area (Å²) in [6.45, 7) is 0.190. The van der Waals surface area contributed by atoms with Gasteiger partial charge in [-0.1, -0.05) is 43.2 Å². The van der Waals surface area contributed by atoms with Crippen LogP contribution >= 0.6 is 0 Å². The summed E-state index contributed by atoms with van der Waals surface area (Å²) in [6, 6.07) is 9.03. The van der Waals surface area contributed by atoms with Crippen molar-refractivity contribution >= 4 is 12.1 Å². The lowest BCUT2D eigenvalue weighted by atomic mass is 10.1. The fourth-order valence-electron chi connectivity index (χ4n) is 2.21. The van der Waals surface area contributed by atoms with E-state index in [0.717, 1.165) is 12.0 Å². The minimum Gasteiger partial charge on any atom is -0.481 e. The van der Waals surface area contributed by atoms with Crippen LogP contribution in [0, 0.1) is 5.92 Å². The monoisotopic (exact) mass is 291 g/mol. The van der Waals surface area contributed by atoms with E-state index < -0.39 is 12.1 Å². The highest BCUT2D eigenvalue weighted by molar-refractivity contribution is 5.71. The average Bonchev–Trinajstić information content (AvgIpc) is 3.27. The summed E-state index contributed by atoms with van der Waals surface area (Å²) in [6.07, 6.45) is 3.48. The Hall–Kier alpha value is -2.04. The molecule has 114 valence electrons. The molecule has 0 aromatic heterocycles. The van der Waals surface area contributed by atoms with Crippen molar-refractivity contribution in [3.05, 3.63) is 35.9 Å². The molecule has 0 saturated heterocycles. The minimum atomic E-state index is -0.904. The number of nitrogens with one attached hydrogen (secondary N) is 1. The van der Waals surface area contributed by atoms with Gasteiger partial charge in [0, 0.05) is 6.04 Å². The molecule has 0 bridgehead atoms. The van der Waals surface area contributed by atoms with Crippen molar-refractivity contribution in [3.63, 3.8) is 0 Å². The third-order valence-corrected chi connectivity index (χ3v) is 3.58. The van der Waals surface area contributed by atoms with Crippen LogP contribution in [0.1, 0.15) is 37.7 Å². The molecule has 1 aromatic carbocycles. The number of rotatable bonds is 8. The van der Waals surface area contributed by atoms with Crippen LogP contribution in [0.5, 0.6) is 0 Å². The van der Waals surface area contributed by atoms with Crippen LogP contribution in [0.2, 0.25) is 0 Å². The summed E-state index contributed by atoms with van der Waals surface area (Å²) in [5.74, 6) is -0.192. The molecule has 5 nitrogen and oxygen atoms in total. The molecule has 2 N–H and O–H groups in total. The number of amides is 1. The van der Waals surface area contributed by atoms with Gasteiger partial charge in [-0.3, -0.25) is 4.79 Å². The largest absolute Gasteiger partial charge is 0.481 e. The molecule has 21 heavy (non-hydrogen) atoms. The third kappa shape index (κ3) is 6.29.